The van der Waals surface area contributed by atoms with E-state index in [0.29, 0.717) is 11.6 Å². The van der Waals surface area contributed by atoms with Gasteiger partial charge >= 0.3 is 0 Å². The molecule has 0 aliphatic heterocycles. The van der Waals surface area contributed by atoms with Crippen LogP contribution in [0.15, 0.2) is 36.5 Å². The van der Waals surface area contributed by atoms with Gasteiger partial charge in [0, 0.05) is 41.7 Å². The molecule has 142 valence electrons. The van der Waals surface area contributed by atoms with E-state index in [0.717, 1.165) is 38.7 Å². The van der Waals surface area contributed by atoms with E-state index in [1.807, 2.05) is 42.1 Å². The molecule has 1 aromatic carbocycles. The molecule has 2 N–H and O–H groups in total. The average Bonchev–Trinajstić information content (AvgIpc) is 3.09. The van der Waals surface area contributed by atoms with Gasteiger partial charge in [-0.2, -0.15) is 0 Å². The normalized spacial score (nSPS) is 11.1. The number of benzene rings is 1. The topological polar surface area (TPSA) is 54.3 Å². The van der Waals surface area contributed by atoms with Crippen molar-refractivity contribution in [2.45, 2.75) is 25.8 Å². The average molecular weight is 421 g/mol. The number of carbonyl (C=O) groups excluding carboxylic acids is 1. The number of aryl methyl sites for hydroxylation is 2. The standard InChI is InChI=1S/C20H21ClN2O2S2/c1-23-12-14(9-18(25)22-11-13-4-6-15(21)7-5-13)19(26)17-10-16(3-2-8-24)27-20(17)23/h4-7,10,12,24H,2-3,8-9,11H2,1H3,(H,22,25). The van der Waals surface area contributed by atoms with Crippen molar-refractivity contribution in [1.29, 1.82) is 0 Å². The third kappa shape index (κ3) is 4.96. The van der Waals surface area contributed by atoms with Gasteiger partial charge < -0.3 is 15.0 Å². The maximum Gasteiger partial charge on any atom is 0.224 e. The number of thiophene rings is 1. The molecule has 2 heterocycles. The molecule has 0 fully saturated rings. The van der Waals surface area contributed by atoms with Crippen LogP contribution in [0.5, 0.6) is 0 Å². The molecule has 4 nitrogen and oxygen atoms in total. The van der Waals surface area contributed by atoms with Crippen molar-refractivity contribution in [1.82, 2.24) is 9.88 Å². The van der Waals surface area contributed by atoms with E-state index < -0.39 is 0 Å². The van der Waals surface area contributed by atoms with E-state index in [1.54, 1.807) is 11.3 Å². The summed E-state index contributed by atoms with van der Waals surface area (Å²) >= 11 is 13.2. The largest absolute Gasteiger partial charge is 0.396 e. The van der Waals surface area contributed by atoms with Gasteiger partial charge in [0.1, 0.15) is 4.83 Å². The number of hydrogen-bond acceptors (Lipinski definition) is 4. The minimum Gasteiger partial charge on any atom is -0.396 e. The lowest BCUT2D eigenvalue weighted by Crippen LogP contribution is -2.24. The van der Waals surface area contributed by atoms with E-state index >= 15 is 0 Å². The van der Waals surface area contributed by atoms with Crippen LogP contribution in [0.1, 0.15) is 22.4 Å². The van der Waals surface area contributed by atoms with Gasteiger partial charge in [-0.15, -0.1) is 11.3 Å². The summed E-state index contributed by atoms with van der Waals surface area (Å²) in [7, 11) is 1.97. The van der Waals surface area contributed by atoms with Crippen LogP contribution in [0, 0.1) is 4.51 Å². The number of nitrogens with one attached hydrogen (secondary N) is 1. The highest BCUT2D eigenvalue weighted by molar-refractivity contribution is 7.71. The van der Waals surface area contributed by atoms with Gasteiger partial charge in [-0.3, -0.25) is 4.79 Å². The molecule has 3 aromatic rings. The van der Waals surface area contributed by atoms with Gasteiger partial charge in [0.2, 0.25) is 5.91 Å². The highest BCUT2D eigenvalue weighted by Gasteiger charge is 2.12. The summed E-state index contributed by atoms with van der Waals surface area (Å²) in [5, 5.41) is 13.6. The van der Waals surface area contributed by atoms with Crippen LogP contribution in [0.4, 0.5) is 0 Å². The molecule has 7 heteroatoms. The second kappa shape index (κ2) is 8.97. The number of amides is 1. The Balaban J connectivity index is 1.73. The third-order valence-electron chi connectivity index (χ3n) is 4.30. The van der Waals surface area contributed by atoms with Gasteiger partial charge in [-0.1, -0.05) is 36.0 Å². The highest BCUT2D eigenvalue weighted by Crippen LogP contribution is 2.29. The van der Waals surface area contributed by atoms with E-state index in [-0.39, 0.29) is 18.9 Å². The zero-order valence-corrected chi connectivity index (χ0v) is 17.4. The van der Waals surface area contributed by atoms with Crippen molar-refractivity contribution in [2.75, 3.05) is 6.61 Å². The van der Waals surface area contributed by atoms with Gasteiger partial charge in [0.05, 0.1) is 10.9 Å². The molecular formula is C20H21ClN2O2S2. The summed E-state index contributed by atoms with van der Waals surface area (Å²) in [6, 6.07) is 9.50. The summed E-state index contributed by atoms with van der Waals surface area (Å²) in [6.07, 6.45) is 3.77. The molecule has 0 radical (unpaired) electrons. The summed E-state index contributed by atoms with van der Waals surface area (Å²) in [5.41, 5.74) is 1.85. The van der Waals surface area contributed by atoms with Gasteiger partial charge in [-0.25, -0.2) is 0 Å². The van der Waals surface area contributed by atoms with E-state index in [9.17, 15) is 4.79 Å². The Morgan fingerprint density at radius 1 is 1.33 bits per heavy atom. The Morgan fingerprint density at radius 2 is 2.07 bits per heavy atom. The Kier molecular flexibility index (Phi) is 6.65. The van der Waals surface area contributed by atoms with Crippen molar-refractivity contribution < 1.29 is 9.90 Å². The van der Waals surface area contributed by atoms with Crippen LogP contribution in [0.3, 0.4) is 0 Å². The molecule has 0 aliphatic rings. The second-order valence-electron chi connectivity index (χ2n) is 6.43. The SMILES string of the molecule is Cn1cc(CC(=O)NCc2ccc(Cl)cc2)c(=S)c2cc(CCCO)sc21. The number of halogens is 1. The maximum atomic E-state index is 12.4. The van der Waals surface area contributed by atoms with Gasteiger partial charge in [0.15, 0.2) is 0 Å². The molecule has 1 amide bonds. The Morgan fingerprint density at radius 3 is 2.78 bits per heavy atom. The first-order valence-electron chi connectivity index (χ1n) is 8.71. The fourth-order valence-electron chi connectivity index (χ4n) is 2.92. The smallest absolute Gasteiger partial charge is 0.224 e. The van der Waals surface area contributed by atoms with Crippen molar-refractivity contribution in [3.05, 3.63) is 62.1 Å². The van der Waals surface area contributed by atoms with Crippen molar-refractivity contribution in [3.8, 4) is 0 Å². The first-order valence-corrected chi connectivity index (χ1v) is 10.3. The Hall–Kier alpha value is -1.73. The molecule has 3 rings (SSSR count). The fourth-order valence-corrected chi connectivity index (χ4v) is 4.53. The van der Waals surface area contributed by atoms with Crippen molar-refractivity contribution in [3.63, 3.8) is 0 Å². The lowest BCUT2D eigenvalue weighted by Gasteiger charge is -2.09. The second-order valence-corrected chi connectivity index (χ2v) is 8.39. The Bertz CT molecular complexity index is 1010. The highest BCUT2D eigenvalue weighted by atomic mass is 35.5. The summed E-state index contributed by atoms with van der Waals surface area (Å²) < 4.78 is 2.76. The number of aliphatic hydroxyl groups is 1. The lowest BCUT2D eigenvalue weighted by atomic mass is 10.1. The van der Waals surface area contributed by atoms with Crippen LogP contribution >= 0.6 is 35.2 Å². The number of aromatic nitrogens is 1. The maximum absolute atomic E-state index is 12.4. The third-order valence-corrected chi connectivity index (χ3v) is 6.32. The molecule has 0 spiro atoms. The monoisotopic (exact) mass is 420 g/mol. The Labute approximate surface area is 172 Å². The van der Waals surface area contributed by atoms with Gasteiger partial charge in [0.25, 0.3) is 0 Å². The minimum atomic E-state index is -0.0638. The van der Waals surface area contributed by atoms with Crippen molar-refractivity contribution in [2.24, 2.45) is 7.05 Å². The van der Waals surface area contributed by atoms with Crippen LogP contribution in [0.2, 0.25) is 5.02 Å². The minimum absolute atomic E-state index is 0.0638. The van der Waals surface area contributed by atoms with Crippen LogP contribution in [-0.4, -0.2) is 22.2 Å². The number of pyridine rings is 1. The molecule has 0 unspecified atom stereocenters. The fraction of sp³-hybridized carbons (Fsp3) is 0.300. The zero-order valence-electron chi connectivity index (χ0n) is 15.0. The summed E-state index contributed by atoms with van der Waals surface area (Å²) in [5.74, 6) is -0.0638. The van der Waals surface area contributed by atoms with E-state index in [4.69, 9.17) is 28.9 Å². The lowest BCUT2D eigenvalue weighted by molar-refractivity contribution is -0.120. The summed E-state index contributed by atoms with van der Waals surface area (Å²) in [4.78, 5) is 14.7. The number of nitrogens with zero attached hydrogens (tertiary/aromatic N) is 1. The predicted octanol–water partition coefficient (Wildman–Crippen LogP) is 4.41. The first-order chi connectivity index (χ1) is 13.0. The number of hydrogen-bond donors (Lipinski definition) is 2. The van der Waals surface area contributed by atoms with Crippen LogP contribution < -0.4 is 5.32 Å². The van der Waals surface area contributed by atoms with Crippen LogP contribution in [0.25, 0.3) is 10.2 Å². The molecule has 0 saturated carbocycles. The van der Waals surface area contributed by atoms with E-state index in [2.05, 4.69) is 11.4 Å². The number of rotatable bonds is 7. The predicted molar refractivity (Wildman–Crippen MR) is 114 cm³/mol. The van der Waals surface area contributed by atoms with Crippen molar-refractivity contribution >= 4 is 51.3 Å². The number of fused-ring (bicyclic) bond motifs is 1. The number of carbonyl (C=O) groups is 1. The summed E-state index contributed by atoms with van der Waals surface area (Å²) in [6.45, 7) is 0.640. The first kappa shape index (κ1) is 20.0. The molecule has 2 aromatic heterocycles. The number of aliphatic hydroxyl groups excluding tert-OH is 1. The van der Waals surface area contributed by atoms with Gasteiger partial charge in [-0.05, 0) is 42.2 Å². The van der Waals surface area contributed by atoms with Crippen LogP contribution in [-0.2, 0) is 31.2 Å². The molecule has 0 saturated heterocycles. The molecule has 0 aliphatic carbocycles. The molecule has 27 heavy (non-hydrogen) atoms. The van der Waals surface area contributed by atoms with E-state index in [1.165, 1.54) is 4.88 Å². The molecular weight excluding hydrogens is 400 g/mol. The quantitative estimate of drug-likeness (QED) is 0.557. The molecule has 0 bridgehead atoms. The zero-order chi connectivity index (χ0) is 19.4. The molecule has 0 atom stereocenters.